The van der Waals surface area contributed by atoms with Gasteiger partial charge < -0.3 is 11.1 Å². The third-order valence-electron chi connectivity index (χ3n) is 3.49. The van der Waals surface area contributed by atoms with E-state index in [2.05, 4.69) is 55.3 Å². The number of anilines is 2. The Bertz CT molecular complexity index is 816. The fourth-order valence-electron chi connectivity index (χ4n) is 2.58. The number of rotatable bonds is 2. The average Bonchev–Trinajstić information content (AvgIpc) is 2.46. The van der Waals surface area contributed by atoms with Gasteiger partial charge in [-0.15, -0.1) is 0 Å². The van der Waals surface area contributed by atoms with Crippen molar-refractivity contribution < 1.29 is 0 Å². The number of nitrogen functional groups attached to an aromatic ring is 1. The van der Waals surface area contributed by atoms with Crippen LogP contribution in [-0.4, -0.2) is 10.5 Å². The largest absolute Gasteiger partial charge is 0.399 e. The van der Waals surface area contributed by atoms with Crippen LogP contribution in [0, 0.1) is 0 Å². The first-order chi connectivity index (χ1) is 10.4. The van der Waals surface area contributed by atoms with Gasteiger partial charge in [0.05, 0.1) is 0 Å². The zero-order chi connectivity index (χ0) is 15.7. The van der Waals surface area contributed by atoms with Crippen molar-refractivity contribution in [2.75, 3.05) is 11.1 Å². The van der Waals surface area contributed by atoms with Crippen LogP contribution in [0.1, 0.15) is 20.8 Å². The number of pyridine rings is 1. The maximum atomic E-state index is 5.92. The molecule has 2 aromatic carbocycles. The van der Waals surface area contributed by atoms with E-state index in [4.69, 9.17) is 5.73 Å². The molecular formula is C19H21N3. The molecule has 0 aliphatic carbocycles. The molecule has 0 aliphatic heterocycles. The van der Waals surface area contributed by atoms with Crippen molar-refractivity contribution in [1.82, 2.24) is 4.98 Å². The highest BCUT2D eigenvalue weighted by Gasteiger charge is 2.14. The molecule has 0 amide bonds. The third-order valence-corrected chi connectivity index (χ3v) is 3.49. The maximum absolute atomic E-state index is 5.92. The predicted molar refractivity (Wildman–Crippen MR) is 95.0 cm³/mol. The molecule has 1 heterocycles. The van der Waals surface area contributed by atoms with Crippen molar-refractivity contribution in [2.24, 2.45) is 0 Å². The molecule has 3 aromatic rings. The van der Waals surface area contributed by atoms with Gasteiger partial charge in [0, 0.05) is 28.4 Å². The lowest BCUT2D eigenvalue weighted by Crippen LogP contribution is -2.26. The van der Waals surface area contributed by atoms with E-state index >= 15 is 0 Å². The summed E-state index contributed by atoms with van der Waals surface area (Å²) < 4.78 is 0. The van der Waals surface area contributed by atoms with E-state index in [1.165, 1.54) is 5.39 Å². The summed E-state index contributed by atoms with van der Waals surface area (Å²) in [7, 11) is 0. The normalized spacial score (nSPS) is 11.6. The zero-order valence-electron chi connectivity index (χ0n) is 13.2. The lowest BCUT2D eigenvalue weighted by molar-refractivity contribution is 0.631. The Morgan fingerprint density at radius 3 is 2.36 bits per heavy atom. The maximum Gasteiger partial charge on any atom is 0.134 e. The van der Waals surface area contributed by atoms with Gasteiger partial charge >= 0.3 is 0 Å². The summed E-state index contributed by atoms with van der Waals surface area (Å²) in [5, 5.41) is 5.78. The summed E-state index contributed by atoms with van der Waals surface area (Å²) >= 11 is 0. The van der Waals surface area contributed by atoms with Crippen LogP contribution in [0.3, 0.4) is 0 Å². The summed E-state index contributed by atoms with van der Waals surface area (Å²) in [6.45, 7) is 6.40. The molecule has 1 aromatic heterocycles. The number of hydrogen-bond acceptors (Lipinski definition) is 3. The second kappa shape index (κ2) is 5.34. The second-order valence-corrected chi connectivity index (χ2v) is 6.57. The number of aromatic nitrogens is 1. The first-order valence-electron chi connectivity index (χ1n) is 7.46. The predicted octanol–water partition coefficient (Wildman–Crippen LogP) is 4.69. The van der Waals surface area contributed by atoms with Gasteiger partial charge in [0.1, 0.15) is 5.82 Å². The molecule has 0 atom stereocenters. The topological polar surface area (TPSA) is 50.9 Å². The number of nitrogens with two attached hydrogens (primary N) is 1. The van der Waals surface area contributed by atoms with Crippen molar-refractivity contribution in [3.63, 3.8) is 0 Å². The Hall–Kier alpha value is -2.55. The molecular weight excluding hydrogens is 270 g/mol. The highest BCUT2D eigenvalue weighted by atomic mass is 15.0. The standard InChI is InChI=1S/C19H21N3/c1-19(2,3)22-18-16-10-5-4-9-15(16)17(12-21-18)13-7-6-8-14(20)11-13/h4-12H,20H2,1-3H3,(H,21,22). The zero-order valence-corrected chi connectivity index (χ0v) is 13.2. The lowest BCUT2D eigenvalue weighted by Gasteiger charge is -2.23. The van der Waals surface area contributed by atoms with Gasteiger partial charge in [0.2, 0.25) is 0 Å². The van der Waals surface area contributed by atoms with E-state index in [1.807, 2.05) is 30.5 Å². The second-order valence-electron chi connectivity index (χ2n) is 6.57. The van der Waals surface area contributed by atoms with E-state index in [1.54, 1.807) is 0 Å². The minimum atomic E-state index is -0.0333. The molecule has 0 fully saturated rings. The molecule has 0 saturated carbocycles. The summed E-state index contributed by atoms with van der Waals surface area (Å²) in [5.74, 6) is 0.913. The molecule has 3 rings (SSSR count). The van der Waals surface area contributed by atoms with Crippen LogP contribution in [0.15, 0.2) is 54.7 Å². The molecule has 0 spiro atoms. The molecule has 0 radical (unpaired) electrons. The van der Waals surface area contributed by atoms with E-state index in [9.17, 15) is 0 Å². The SMILES string of the molecule is CC(C)(C)Nc1ncc(-c2cccc(N)c2)c2ccccc12. The molecule has 3 N–H and O–H groups in total. The average molecular weight is 291 g/mol. The smallest absolute Gasteiger partial charge is 0.134 e. The first kappa shape index (κ1) is 14.4. The van der Waals surface area contributed by atoms with Crippen LogP contribution in [-0.2, 0) is 0 Å². The molecule has 0 bridgehead atoms. The third kappa shape index (κ3) is 2.89. The van der Waals surface area contributed by atoms with Gasteiger partial charge in [-0.2, -0.15) is 0 Å². The first-order valence-corrected chi connectivity index (χ1v) is 7.46. The summed E-state index contributed by atoms with van der Waals surface area (Å²) in [4.78, 5) is 4.65. The van der Waals surface area contributed by atoms with E-state index in [0.717, 1.165) is 28.0 Å². The van der Waals surface area contributed by atoms with Crippen LogP contribution >= 0.6 is 0 Å². The molecule has 3 heteroatoms. The van der Waals surface area contributed by atoms with Crippen LogP contribution < -0.4 is 11.1 Å². The Morgan fingerprint density at radius 2 is 1.68 bits per heavy atom. The van der Waals surface area contributed by atoms with Crippen molar-refractivity contribution in [3.05, 3.63) is 54.7 Å². The summed E-state index contributed by atoms with van der Waals surface area (Å²) in [6.07, 6.45) is 1.92. The van der Waals surface area contributed by atoms with Gasteiger partial charge in [-0.3, -0.25) is 0 Å². The van der Waals surface area contributed by atoms with Gasteiger partial charge in [-0.1, -0.05) is 36.4 Å². The number of fused-ring (bicyclic) bond motifs is 1. The lowest BCUT2D eigenvalue weighted by atomic mass is 9.99. The van der Waals surface area contributed by atoms with Gasteiger partial charge in [-0.25, -0.2) is 4.98 Å². The number of nitrogens with zero attached hydrogens (tertiary/aromatic N) is 1. The van der Waals surface area contributed by atoms with Crippen molar-refractivity contribution in [3.8, 4) is 11.1 Å². The van der Waals surface area contributed by atoms with Crippen molar-refractivity contribution in [1.29, 1.82) is 0 Å². The molecule has 3 nitrogen and oxygen atoms in total. The quantitative estimate of drug-likeness (QED) is 0.673. The molecule has 22 heavy (non-hydrogen) atoms. The summed E-state index contributed by atoms with van der Waals surface area (Å²) in [5.41, 5.74) is 8.84. The Balaban J connectivity index is 2.20. The van der Waals surface area contributed by atoms with Crippen LogP contribution in [0.5, 0.6) is 0 Å². The highest BCUT2D eigenvalue weighted by molar-refractivity contribution is 6.02. The molecule has 112 valence electrons. The van der Waals surface area contributed by atoms with Crippen LogP contribution in [0.2, 0.25) is 0 Å². The molecule has 0 aliphatic rings. The van der Waals surface area contributed by atoms with Crippen molar-refractivity contribution >= 4 is 22.3 Å². The Labute approximate surface area is 131 Å². The van der Waals surface area contributed by atoms with Crippen molar-refractivity contribution in [2.45, 2.75) is 26.3 Å². The van der Waals surface area contributed by atoms with Gasteiger partial charge in [-0.05, 0) is 43.9 Å². The molecule has 0 saturated heterocycles. The fraction of sp³-hybridized carbons (Fsp3) is 0.211. The van der Waals surface area contributed by atoms with E-state index < -0.39 is 0 Å². The van der Waals surface area contributed by atoms with Crippen LogP contribution in [0.25, 0.3) is 21.9 Å². The Kier molecular flexibility index (Phi) is 3.49. The van der Waals surface area contributed by atoms with Gasteiger partial charge in [0.15, 0.2) is 0 Å². The Morgan fingerprint density at radius 1 is 0.955 bits per heavy atom. The van der Waals surface area contributed by atoms with E-state index in [-0.39, 0.29) is 5.54 Å². The number of hydrogen-bond donors (Lipinski definition) is 2. The number of nitrogens with one attached hydrogen (secondary N) is 1. The monoisotopic (exact) mass is 291 g/mol. The van der Waals surface area contributed by atoms with Gasteiger partial charge in [0.25, 0.3) is 0 Å². The minimum Gasteiger partial charge on any atom is -0.399 e. The minimum absolute atomic E-state index is 0.0333. The highest BCUT2D eigenvalue weighted by Crippen LogP contribution is 2.33. The van der Waals surface area contributed by atoms with E-state index in [0.29, 0.717) is 0 Å². The number of benzene rings is 2. The van der Waals surface area contributed by atoms with Crippen LogP contribution in [0.4, 0.5) is 11.5 Å². The summed E-state index contributed by atoms with van der Waals surface area (Å²) in [6, 6.07) is 16.3. The fourth-order valence-corrected chi connectivity index (χ4v) is 2.58. The molecule has 0 unspecified atom stereocenters.